The van der Waals surface area contributed by atoms with E-state index in [-0.39, 0.29) is 12.2 Å². The third kappa shape index (κ3) is 8.04. The molecule has 0 aromatic carbocycles. The second-order valence-corrected chi connectivity index (χ2v) is 8.18. The van der Waals surface area contributed by atoms with Crippen LogP contribution in [0, 0.1) is 11.8 Å². The van der Waals surface area contributed by atoms with Crippen molar-refractivity contribution in [3.63, 3.8) is 0 Å². The molecule has 0 aromatic heterocycles. The number of ether oxygens (including phenoxy) is 4. The van der Waals surface area contributed by atoms with Gasteiger partial charge in [-0.3, -0.25) is 0 Å². The first kappa shape index (κ1) is 22.9. The zero-order valence-electron chi connectivity index (χ0n) is 17.3. The smallest absolute Gasteiger partial charge is 0.339 e. The van der Waals surface area contributed by atoms with E-state index in [2.05, 4.69) is 20.8 Å². The molecular weight excluding hydrogens is 336 g/mol. The highest BCUT2D eigenvalue weighted by molar-refractivity contribution is 5.86. The van der Waals surface area contributed by atoms with Crippen molar-refractivity contribution in [2.75, 3.05) is 0 Å². The number of hydrogen-bond donors (Lipinski definition) is 0. The molecule has 0 aromatic rings. The Hall–Kier alpha value is -1.14. The molecule has 3 atom stereocenters. The number of esters is 2. The van der Waals surface area contributed by atoms with Crippen LogP contribution in [0.1, 0.15) is 74.1 Å². The van der Waals surface area contributed by atoms with E-state index >= 15 is 0 Å². The number of carbonyl (C=O) groups is 2. The second kappa shape index (κ2) is 10.9. The standard InChI is InChI=1S/C20H36O6/c1-12(2)9-8-10-15(7)11-16-25-17(19(21)23-13(3)4)18(26-16)20(22)24-14(5)6/h12-18H,8-11H2,1-7H3/t15-,17-,18-/m1/s1. The number of carbonyl (C=O) groups excluding carboxylic acids is 2. The Morgan fingerprint density at radius 1 is 0.808 bits per heavy atom. The van der Waals surface area contributed by atoms with Gasteiger partial charge in [0.05, 0.1) is 12.2 Å². The van der Waals surface area contributed by atoms with Crippen molar-refractivity contribution in [3.8, 4) is 0 Å². The molecule has 1 heterocycles. The lowest BCUT2D eigenvalue weighted by Crippen LogP contribution is -2.40. The van der Waals surface area contributed by atoms with E-state index in [1.54, 1.807) is 27.7 Å². The third-order valence-corrected chi connectivity index (χ3v) is 4.11. The minimum Gasteiger partial charge on any atom is -0.461 e. The van der Waals surface area contributed by atoms with Crippen LogP contribution in [0.2, 0.25) is 0 Å². The molecule has 0 radical (unpaired) electrons. The Morgan fingerprint density at radius 3 is 1.65 bits per heavy atom. The molecule has 0 unspecified atom stereocenters. The average Bonchev–Trinajstić information content (AvgIpc) is 2.89. The lowest BCUT2D eigenvalue weighted by Gasteiger charge is -2.17. The van der Waals surface area contributed by atoms with Crippen LogP contribution in [0.5, 0.6) is 0 Å². The predicted octanol–water partition coefficient (Wildman–Crippen LogP) is 3.85. The summed E-state index contributed by atoms with van der Waals surface area (Å²) in [5, 5.41) is 0. The monoisotopic (exact) mass is 372 g/mol. The first-order chi connectivity index (χ1) is 12.1. The first-order valence-electron chi connectivity index (χ1n) is 9.82. The van der Waals surface area contributed by atoms with E-state index in [1.165, 1.54) is 6.42 Å². The van der Waals surface area contributed by atoms with Gasteiger partial charge in [0.25, 0.3) is 0 Å². The van der Waals surface area contributed by atoms with Crippen LogP contribution in [-0.4, -0.2) is 42.6 Å². The lowest BCUT2D eigenvalue weighted by molar-refractivity contribution is -0.167. The molecule has 0 saturated carbocycles. The zero-order valence-corrected chi connectivity index (χ0v) is 17.3. The normalized spacial score (nSPS) is 22.2. The van der Waals surface area contributed by atoms with Gasteiger partial charge in [0.1, 0.15) is 0 Å². The van der Waals surface area contributed by atoms with Crippen molar-refractivity contribution in [3.05, 3.63) is 0 Å². The second-order valence-electron chi connectivity index (χ2n) is 8.18. The lowest BCUT2D eigenvalue weighted by atomic mass is 9.97. The molecule has 6 nitrogen and oxygen atoms in total. The molecule has 0 N–H and O–H groups in total. The summed E-state index contributed by atoms with van der Waals surface area (Å²) >= 11 is 0. The van der Waals surface area contributed by atoms with Crippen LogP contribution in [-0.2, 0) is 28.5 Å². The van der Waals surface area contributed by atoms with Gasteiger partial charge in [-0.2, -0.15) is 0 Å². The van der Waals surface area contributed by atoms with Gasteiger partial charge < -0.3 is 18.9 Å². The summed E-state index contributed by atoms with van der Waals surface area (Å²) in [5.41, 5.74) is 0. The molecule has 6 heteroatoms. The van der Waals surface area contributed by atoms with E-state index in [4.69, 9.17) is 18.9 Å². The molecule has 1 fully saturated rings. The summed E-state index contributed by atoms with van der Waals surface area (Å²) in [6, 6.07) is 0. The van der Waals surface area contributed by atoms with Crippen LogP contribution in [0.3, 0.4) is 0 Å². The fourth-order valence-electron chi connectivity index (χ4n) is 2.89. The van der Waals surface area contributed by atoms with Crippen LogP contribution < -0.4 is 0 Å². The van der Waals surface area contributed by atoms with E-state index < -0.39 is 30.4 Å². The summed E-state index contributed by atoms with van der Waals surface area (Å²) in [6.07, 6.45) is 0.695. The minimum atomic E-state index is -1.07. The van der Waals surface area contributed by atoms with E-state index in [1.807, 2.05) is 0 Å². The highest BCUT2D eigenvalue weighted by atomic mass is 16.8. The van der Waals surface area contributed by atoms with Crippen molar-refractivity contribution in [1.82, 2.24) is 0 Å². The van der Waals surface area contributed by atoms with Crippen LogP contribution in [0.4, 0.5) is 0 Å². The SMILES string of the molecule is CC(C)CCC[C@@H](C)CC1O[C@@H](C(=O)OC(C)C)[C@H](C(=O)OC(C)C)O1. The van der Waals surface area contributed by atoms with E-state index in [0.717, 1.165) is 12.8 Å². The number of rotatable bonds is 10. The fourth-order valence-corrected chi connectivity index (χ4v) is 2.89. The summed E-state index contributed by atoms with van der Waals surface area (Å²) in [7, 11) is 0. The molecule has 26 heavy (non-hydrogen) atoms. The molecule has 0 amide bonds. The van der Waals surface area contributed by atoms with Crippen molar-refractivity contribution in [2.45, 2.75) is 105 Å². The molecule has 0 bridgehead atoms. The largest absolute Gasteiger partial charge is 0.461 e. The van der Waals surface area contributed by atoms with Gasteiger partial charge in [0, 0.05) is 6.42 Å². The van der Waals surface area contributed by atoms with Crippen molar-refractivity contribution >= 4 is 11.9 Å². The number of hydrogen-bond acceptors (Lipinski definition) is 6. The van der Waals surface area contributed by atoms with Gasteiger partial charge in [-0.1, -0.05) is 40.0 Å². The maximum atomic E-state index is 12.3. The zero-order chi connectivity index (χ0) is 19.9. The van der Waals surface area contributed by atoms with Crippen LogP contribution >= 0.6 is 0 Å². The molecular formula is C20H36O6. The highest BCUT2D eigenvalue weighted by Gasteiger charge is 2.47. The summed E-state index contributed by atoms with van der Waals surface area (Å²) in [5.74, 6) is -0.103. The Labute approximate surface area is 157 Å². The molecule has 1 rings (SSSR count). The quantitative estimate of drug-likeness (QED) is 0.542. The van der Waals surface area contributed by atoms with Crippen molar-refractivity contribution in [1.29, 1.82) is 0 Å². The predicted molar refractivity (Wildman–Crippen MR) is 98.5 cm³/mol. The first-order valence-corrected chi connectivity index (χ1v) is 9.82. The molecule has 152 valence electrons. The topological polar surface area (TPSA) is 71.1 Å². The van der Waals surface area contributed by atoms with Crippen molar-refractivity contribution < 1.29 is 28.5 Å². The Bertz CT molecular complexity index is 416. The van der Waals surface area contributed by atoms with E-state index in [0.29, 0.717) is 18.3 Å². The van der Waals surface area contributed by atoms with Gasteiger partial charge in [0.2, 0.25) is 0 Å². The molecule has 1 aliphatic rings. The van der Waals surface area contributed by atoms with Gasteiger partial charge >= 0.3 is 11.9 Å². The fraction of sp³-hybridized carbons (Fsp3) is 0.900. The van der Waals surface area contributed by atoms with Gasteiger partial charge in [0.15, 0.2) is 18.5 Å². The third-order valence-electron chi connectivity index (χ3n) is 4.11. The molecule has 0 aliphatic carbocycles. The molecule has 1 saturated heterocycles. The molecule has 0 spiro atoms. The molecule has 1 aliphatic heterocycles. The Kier molecular flexibility index (Phi) is 9.58. The minimum absolute atomic E-state index is 0.290. The average molecular weight is 373 g/mol. The summed E-state index contributed by atoms with van der Waals surface area (Å²) in [6.45, 7) is 13.6. The van der Waals surface area contributed by atoms with Crippen molar-refractivity contribution in [2.24, 2.45) is 11.8 Å². The van der Waals surface area contributed by atoms with Gasteiger partial charge in [-0.25, -0.2) is 9.59 Å². The van der Waals surface area contributed by atoms with Gasteiger partial charge in [-0.15, -0.1) is 0 Å². The summed E-state index contributed by atoms with van der Waals surface area (Å²) in [4.78, 5) is 24.6. The summed E-state index contributed by atoms with van der Waals surface area (Å²) < 4.78 is 21.9. The van der Waals surface area contributed by atoms with Crippen LogP contribution in [0.25, 0.3) is 0 Å². The maximum absolute atomic E-state index is 12.3. The highest BCUT2D eigenvalue weighted by Crippen LogP contribution is 2.28. The van der Waals surface area contributed by atoms with Gasteiger partial charge in [-0.05, 0) is 39.5 Å². The maximum Gasteiger partial charge on any atom is 0.339 e. The Balaban J connectivity index is 2.66. The Morgan fingerprint density at radius 2 is 1.27 bits per heavy atom. The van der Waals surface area contributed by atoms with E-state index in [9.17, 15) is 9.59 Å². The van der Waals surface area contributed by atoms with Crippen LogP contribution in [0.15, 0.2) is 0 Å².